The van der Waals surface area contributed by atoms with Crippen LogP contribution in [0.15, 0.2) is 4.52 Å². The van der Waals surface area contributed by atoms with Crippen LogP contribution in [0, 0.1) is 13.8 Å². The summed E-state index contributed by atoms with van der Waals surface area (Å²) in [6.45, 7) is 7.54. The van der Waals surface area contributed by atoms with Gasteiger partial charge in [0.15, 0.2) is 0 Å². The molecule has 0 spiro atoms. The van der Waals surface area contributed by atoms with Gasteiger partial charge in [-0.1, -0.05) is 5.16 Å². The Morgan fingerprint density at radius 1 is 1.50 bits per heavy atom. The number of hydrogen-bond acceptors (Lipinski definition) is 4. The second kappa shape index (κ2) is 5.12. The molecule has 0 saturated carbocycles. The number of aromatic nitrogens is 1. The van der Waals surface area contributed by atoms with Gasteiger partial charge in [0.05, 0.1) is 12.3 Å². The number of aryl methyl sites for hydroxylation is 2. The molecule has 0 amide bonds. The Morgan fingerprint density at radius 3 is 2.71 bits per heavy atom. The Balaban J connectivity index is 2.55. The van der Waals surface area contributed by atoms with Gasteiger partial charge in [0.25, 0.3) is 0 Å². The van der Waals surface area contributed by atoms with Gasteiger partial charge in [0.2, 0.25) is 0 Å². The largest absolute Gasteiger partial charge is 0.383 e. The number of methoxy groups -OCH3 is 1. The third kappa shape index (κ3) is 2.56. The van der Waals surface area contributed by atoms with Gasteiger partial charge >= 0.3 is 0 Å². The fourth-order valence-electron chi connectivity index (χ4n) is 1.59. The molecule has 0 bridgehead atoms. The lowest BCUT2D eigenvalue weighted by atomic mass is 10.1. The van der Waals surface area contributed by atoms with Crippen LogP contribution in [0.1, 0.15) is 30.0 Å². The van der Waals surface area contributed by atoms with E-state index >= 15 is 0 Å². The average Bonchev–Trinajstić information content (AvgIpc) is 2.46. The van der Waals surface area contributed by atoms with Gasteiger partial charge < -0.3 is 14.6 Å². The van der Waals surface area contributed by atoms with Crippen LogP contribution in [0.3, 0.4) is 0 Å². The van der Waals surface area contributed by atoms with Crippen LogP contribution in [-0.2, 0) is 4.74 Å². The molecule has 14 heavy (non-hydrogen) atoms. The number of ether oxygens (including phenoxy) is 1. The molecule has 4 nitrogen and oxygen atoms in total. The van der Waals surface area contributed by atoms with Crippen molar-refractivity contribution < 1.29 is 9.26 Å². The molecule has 1 atom stereocenters. The lowest BCUT2D eigenvalue weighted by molar-refractivity contribution is 0.196. The minimum Gasteiger partial charge on any atom is -0.383 e. The summed E-state index contributed by atoms with van der Waals surface area (Å²) < 4.78 is 10.1. The summed E-state index contributed by atoms with van der Waals surface area (Å²) in [5.41, 5.74) is 2.11. The summed E-state index contributed by atoms with van der Waals surface area (Å²) in [5.74, 6) is 0.889. The third-order valence-electron chi connectivity index (χ3n) is 2.28. The SMILES string of the molecule is COCCNC(C)c1c(C)noc1C. The van der Waals surface area contributed by atoms with Crippen LogP contribution in [0.4, 0.5) is 0 Å². The minimum atomic E-state index is 0.261. The molecule has 0 aliphatic heterocycles. The summed E-state index contributed by atoms with van der Waals surface area (Å²) in [7, 11) is 1.70. The molecule has 1 unspecified atom stereocenters. The van der Waals surface area contributed by atoms with Gasteiger partial charge in [-0.3, -0.25) is 0 Å². The van der Waals surface area contributed by atoms with Crippen molar-refractivity contribution in [1.82, 2.24) is 10.5 Å². The van der Waals surface area contributed by atoms with Gasteiger partial charge in [-0.15, -0.1) is 0 Å². The molecular formula is C10H18N2O2. The number of nitrogens with zero attached hydrogens (tertiary/aromatic N) is 1. The number of nitrogens with one attached hydrogen (secondary N) is 1. The molecule has 1 heterocycles. The summed E-state index contributed by atoms with van der Waals surface area (Å²) in [5, 5.41) is 7.26. The fraction of sp³-hybridized carbons (Fsp3) is 0.700. The summed E-state index contributed by atoms with van der Waals surface area (Å²) in [6, 6.07) is 0.261. The Hall–Kier alpha value is -0.870. The van der Waals surface area contributed by atoms with Crippen LogP contribution in [-0.4, -0.2) is 25.4 Å². The first kappa shape index (κ1) is 11.2. The topological polar surface area (TPSA) is 47.3 Å². The van der Waals surface area contributed by atoms with Crippen molar-refractivity contribution in [3.8, 4) is 0 Å². The van der Waals surface area contributed by atoms with Crippen LogP contribution in [0.5, 0.6) is 0 Å². The second-order valence-electron chi connectivity index (χ2n) is 3.41. The molecule has 80 valence electrons. The standard InChI is InChI=1S/C10H18N2O2/c1-7(11-5-6-13-4)10-8(2)12-14-9(10)3/h7,11H,5-6H2,1-4H3. The van der Waals surface area contributed by atoms with Gasteiger partial charge in [-0.2, -0.15) is 0 Å². The predicted molar refractivity (Wildman–Crippen MR) is 54.3 cm³/mol. The lowest BCUT2D eigenvalue weighted by Gasteiger charge is -2.12. The van der Waals surface area contributed by atoms with E-state index in [2.05, 4.69) is 17.4 Å². The monoisotopic (exact) mass is 198 g/mol. The molecule has 1 N–H and O–H groups in total. The van der Waals surface area contributed by atoms with Gasteiger partial charge in [0, 0.05) is 25.3 Å². The zero-order valence-electron chi connectivity index (χ0n) is 9.26. The van der Waals surface area contributed by atoms with Crippen molar-refractivity contribution in [3.63, 3.8) is 0 Å². The maximum Gasteiger partial charge on any atom is 0.138 e. The molecule has 1 aromatic heterocycles. The zero-order chi connectivity index (χ0) is 10.6. The quantitative estimate of drug-likeness (QED) is 0.730. The molecule has 0 aliphatic rings. The predicted octanol–water partition coefficient (Wildman–Crippen LogP) is 1.59. The number of rotatable bonds is 5. The number of hydrogen-bond donors (Lipinski definition) is 1. The minimum absolute atomic E-state index is 0.261. The Labute approximate surface area is 84.6 Å². The molecule has 0 radical (unpaired) electrons. The van der Waals surface area contributed by atoms with E-state index in [9.17, 15) is 0 Å². The molecule has 0 aromatic carbocycles. The van der Waals surface area contributed by atoms with Gasteiger partial charge in [0.1, 0.15) is 5.76 Å². The second-order valence-corrected chi connectivity index (χ2v) is 3.41. The van der Waals surface area contributed by atoms with Crippen LogP contribution < -0.4 is 5.32 Å². The van der Waals surface area contributed by atoms with Crippen LogP contribution in [0.25, 0.3) is 0 Å². The zero-order valence-corrected chi connectivity index (χ0v) is 9.26. The van der Waals surface area contributed by atoms with E-state index in [1.54, 1.807) is 7.11 Å². The van der Waals surface area contributed by atoms with E-state index in [1.165, 1.54) is 0 Å². The molecule has 0 fully saturated rings. The maximum absolute atomic E-state index is 5.10. The molecular weight excluding hydrogens is 180 g/mol. The summed E-state index contributed by atoms with van der Waals surface area (Å²) in [6.07, 6.45) is 0. The van der Waals surface area contributed by atoms with Gasteiger partial charge in [-0.25, -0.2) is 0 Å². The molecule has 0 aliphatic carbocycles. The van der Waals surface area contributed by atoms with Crippen molar-refractivity contribution in [1.29, 1.82) is 0 Å². The van der Waals surface area contributed by atoms with E-state index in [1.807, 2.05) is 13.8 Å². The average molecular weight is 198 g/mol. The molecule has 1 rings (SSSR count). The Morgan fingerprint density at radius 2 is 2.21 bits per heavy atom. The molecule has 4 heteroatoms. The highest BCUT2D eigenvalue weighted by molar-refractivity contribution is 5.24. The van der Waals surface area contributed by atoms with Crippen molar-refractivity contribution in [3.05, 3.63) is 17.0 Å². The van der Waals surface area contributed by atoms with E-state index in [0.717, 1.165) is 23.6 Å². The van der Waals surface area contributed by atoms with Crippen molar-refractivity contribution in [2.75, 3.05) is 20.3 Å². The van der Waals surface area contributed by atoms with Crippen LogP contribution in [0.2, 0.25) is 0 Å². The van der Waals surface area contributed by atoms with E-state index in [4.69, 9.17) is 9.26 Å². The third-order valence-corrected chi connectivity index (χ3v) is 2.28. The first-order valence-electron chi connectivity index (χ1n) is 4.82. The summed E-state index contributed by atoms with van der Waals surface area (Å²) in [4.78, 5) is 0. The Bertz CT molecular complexity index is 264. The first-order valence-corrected chi connectivity index (χ1v) is 4.82. The molecule has 1 aromatic rings. The first-order chi connectivity index (χ1) is 6.66. The molecule has 0 saturated heterocycles. The summed E-state index contributed by atoms with van der Waals surface area (Å²) >= 11 is 0. The normalized spacial score (nSPS) is 13.1. The van der Waals surface area contributed by atoms with Gasteiger partial charge in [-0.05, 0) is 20.8 Å². The van der Waals surface area contributed by atoms with Crippen molar-refractivity contribution >= 4 is 0 Å². The highest BCUT2D eigenvalue weighted by Crippen LogP contribution is 2.20. The van der Waals surface area contributed by atoms with Crippen LogP contribution >= 0.6 is 0 Å². The maximum atomic E-state index is 5.10. The highest BCUT2D eigenvalue weighted by atomic mass is 16.5. The smallest absolute Gasteiger partial charge is 0.138 e. The van der Waals surface area contributed by atoms with Crippen molar-refractivity contribution in [2.45, 2.75) is 26.8 Å². The van der Waals surface area contributed by atoms with E-state index in [0.29, 0.717) is 6.61 Å². The van der Waals surface area contributed by atoms with Crippen molar-refractivity contribution in [2.24, 2.45) is 0 Å². The lowest BCUT2D eigenvalue weighted by Crippen LogP contribution is -2.23. The van der Waals surface area contributed by atoms with E-state index in [-0.39, 0.29) is 6.04 Å². The Kier molecular flexibility index (Phi) is 4.10. The fourth-order valence-corrected chi connectivity index (χ4v) is 1.59. The van der Waals surface area contributed by atoms with E-state index < -0.39 is 0 Å². The highest BCUT2D eigenvalue weighted by Gasteiger charge is 2.15.